The fraction of sp³-hybridized carbons (Fsp3) is 0.378. The number of hydrogen-bond acceptors (Lipinski definition) is 10. The van der Waals surface area contributed by atoms with E-state index in [2.05, 4.69) is 9.97 Å². The Morgan fingerprint density at radius 2 is 1.07 bits per heavy atom. The van der Waals surface area contributed by atoms with E-state index in [1.165, 1.54) is 36.4 Å². The molecule has 0 saturated heterocycles. The summed E-state index contributed by atoms with van der Waals surface area (Å²) in [7, 11) is 0. The molecule has 508 valence electrons. The second-order valence-electron chi connectivity index (χ2n) is 20.2. The molecule has 0 spiro atoms. The lowest BCUT2D eigenvalue weighted by molar-refractivity contribution is -0.138. The smallest absolute Gasteiger partial charge is 0.336 e. The quantitative estimate of drug-likeness (QED) is 0.0295. The van der Waals surface area contributed by atoms with Crippen LogP contribution in [0.25, 0.3) is 22.3 Å². The molecular formula is C74H80F8N8O4S2. The molecule has 0 N–H and O–H groups in total. The summed E-state index contributed by atoms with van der Waals surface area (Å²) < 4.78 is 438. The Morgan fingerprint density at radius 3 is 1.61 bits per heavy atom. The molecule has 96 heavy (non-hydrogen) atoms. The zero-order valence-electron chi connectivity index (χ0n) is 89.3. The predicted octanol–water partition coefficient (Wildman–Crippen LogP) is 15.0. The zero-order valence-corrected chi connectivity index (χ0v) is 53.0. The van der Waals surface area contributed by atoms with E-state index in [9.17, 15) is 57.7 Å². The minimum atomic E-state index is -5.25. The molecule has 2 aliphatic carbocycles. The van der Waals surface area contributed by atoms with Crippen LogP contribution in [-0.2, 0) is 85.1 Å². The third kappa shape index (κ3) is 19.0. The number of nitrogens with zero attached hydrogens (tertiary/aromatic N) is 8. The molecule has 22 heteroatoms. The van der Waals surface area contributed by atoms with Crippen LogP contribution in [0.4, 0.5) is 35.1 Å². The monoisotopic (exact) mass is 1400 g/mol. The van der Waals surface area contributed by atoms with Crippen LogP contribution in [0.3, 0.4) is 0 Å². The predicted molar refractivity (Wildman–Crippen MR) is 362 cm³/mol. The van der Waals surface area contributed by atoms with Gasteiger partial charge in [-0.05, 0) is 163 Å². The highest BCUT2D eigenvalue weighted by Crippen LogP contribution is 2.36. The molecule has 0 bridgehead atoms. The molecule has 0 fully saturated rings. The standard InChI is InChI=1S/2C37H40F4N4O2S/c1-4-43(5-2)18-19-44(22-26-6-10-28(11-7-26)29-12-14-30(15-13-29)37(39,40)41)34(46)23-45-33-21-25(3)20-32(33)35(47)42-36(45)48-24-27-8-16-31(38)17-9-27;1-4-43(5-2)19-20-44(22-26-9-13-28(14-10-26)29-15-18-32(25(3)21-29)37(39,40)41)34(46)23-45-33-8-6-7-31(33)35(47)42-36(45)48-24-27-11-16-30(38)17-12-27/h6-17,25H,4-5,18-24H2,1-3H3;9-18,21H,4-8,19-20,22-24H2,1-3H3/i4D2,5D2,8D,9D,16D,17D,18D2,20D2,21D2,23D2,25D;4D2,5D2,9D,10D,11D,12D,13D,14D,15D,16D,17D,18D,19D2,20D2,21D,23D2. The minimum Gasteiger partial charge on any atom is -0.336 e. The number of halogens is 8. The molecule has 2 aromatic heterocycles. The molecule has 2 amide bonds. The Bertz CT molecular complexity index is 6000. The second kappa shape index (κ2) is 32.9. The Labute approximate surface area is 617 Å². The maximum absolute atomic E-state index is 15.2. The largest absolute Gasteiger partial charge is 0.416 e. The number of benzene rings is 6. The number of hydrogen-bond donors (Lipinski definition) is 0. The van der Waals surface area contributed by atoms with Gasteiger partial charge in [0.25, 0.3) is 11.1 Å². The van der Waals surface area contributed by atoms with Gasteiger partial charge in [-0.2, -0.15) is 36.3 Å². The van der Waals surface area contributed by atoms with Gasteiger partial charge in [-0.25, -0.2) is 8.78 Å². The number of likely N-dealkylation sites (N-methyl/N-ethyl adjacent to an activating group) is 2. The lowest BCUT2D eigenvalue weighted by atomic mass is 9.98. The van der Waals surface area contributed by atoms with Crippen molar-refractivity contribution >= 4 is 35.3 Å². The van der Waals surface area contributed by atoms with Crippen LogP contribution in [0, 0.1) is 24.5 Å². The van der Waals surface area contributed by atoms with Gasteiger partial charge in [0.05, 0.1) is 39.9 Å². The minimum absolute atomic E-state index is 0.0404. The van der Waals surface area contributed by atoms with E-state index in [-0.39, 0.29) is 67.1 Å². The molecule has 0 saturated carbocycles. The van der Waals surface area contributed by atoms with Gasteiger partial charge in [0.1, 0.15) is 24.6 Å². The van der Waals surface area contributed by atoms with Crippen LogP contribution in [0.15, 0.2) is 159 Å². The number of amides is 2. The van der Waals surface area contributed by atoms with Gasteiger partial charge < -0.3 is 28.7 Å². The number of rotatable bonds is 26. The summed E-state index contributed by atoms with van der Waals surface area (Å²) in [5, 5.41) is -1.67. The van der Waals surface area contributed by atoms with E-state index in [0.717, 1.165) is 39.8 Å². The van der Waals surface area contributed by atoms with Crippen molar-refractivity contribution in [2.45, 2.75) is 134 Å². The van der Waals surface area contributed by atoms with Crippen molar-refractivity contribution in [3.05, 3.63) is 233 Å². The topological polar surface area (TPSA) is 117 Å². The molecule has 0 radical (unpaired) electrons. The SMILES string of the molecule is [2H]c1c([2H])c(CSc2nc(=O)c3c(n2C([2H])([2H])C(=O)N(Cc2c([2H])c([2H])c(-c4c([2H])c([2H])c(C(F)(F)F)c(C)c4[2H])c([2H])c2[2H])C([2H])([2H])C([2H])([2H])N(C([2H])([2H])C)C([2H])([2H])C)CCC3)c([2H])c([2H])c1F.[2H]c1c([2H])c(CSc2nc(=O)c3c(n2C([2H])([2H])C(=O)N(Cc2ccc(-c4ccc(C(F)(F)F)cc4)cc2)CC([2H])([2H])N(C([2H])([2H])C)C([2H])([2H])C)C([2H])([2H])C([2H])(C)C3([2H])[2H])c([2H])c([2H])c1F. The van der Waals surface area contributed by atoms with Crippen LogP contribution < -0.4 is 11.1 Å². The number of alkyl halides is 6. The van der Waals surface area contributed by atoms with E-state index >= 15 is 4.79 Å². The number of fused-ring (bicyclic) bond motifs is 2. The van der Waals surface area contributed by atoms with Gasteiger partial charge in [-0.3, -0.25) is 19.2 Å². The van der Waals surface area contributed by atoms with Gasteiger partial charge in [-0.15, -0.1) is 0 Å². The molecule has 2 aliphatic rings. The summed E-state index contributed by atoms with van der Waals surface area (Å²) in [6.45, 7) is -30.4. The molecule has 0 aliphatic heterocycles. The van der Waals surface area contributed by atoms with Gasteiger partial charge in [0.15, 0.2) is 10.3 Å². The number of carbonyl (C=O) groups excluding carboxylic acids is 2. The molecule has 8 aromatic rings. The van der Waals surface area contributed by atoms with Crippen molar-refractivity contribution < 1.29 is 96.8 Å². The Balaban J connectivity index is 0.000000301. The highest BCUT2D eigenvalue weighted by molar-refractivity contribution is 7.98. The molecule has 2 heterocycles. The van der Waals surface area contributed by atoms with Crippen molar-refractivity contribution in [2.24, 2.45) is 5.89 Å². The van der Waals surface area contributed by atoms with Gasteiger partial charge in [0.2, 0.25) is 11.8 Å². The third-order valence-corrected chi connectivity index (χ3v) is 15.7. The molecular weight excluding hydrogens is 1280 g/mol. The van der Waals surface area contributed by atoms with E-state index in [1.54, 1.807) is 0 Å². The number of carbonyl (C=O) groups is 2. The molecule has 1 unspecified atom stereocenters. The van der Waals surface area contributed by atoms with Crippen molar-refractivity contribution in [3.63, 3.8) is 0 Å². The van der Waals surface area contributed by atoms with Crippen LogP contribution in [-0.4, -0.2) is 103 Å². The Hall–Kier alpha value is -7.92. The highest BCUT2D eigenvalue weighted by Gasteiger charge is 2.34. The van der Waals surface area contributed by atoms with Crippen molar-refractivity contribution in [1.29, 1.82) is 0 Å². The van der Waals surface area contributed by atoms with Crippen molar-refractivity contribution in [2.75, 3.05) is 52.0 Å². The number of thioether (sulfide) groups is 2. The summed E-state index contributed by atoms with van der Waals surface area (Å²) in [4.78, 5) is 64.8. The maximum Gasteiger partial charge on any atom is 0.416 e. The van der Waals surface area contributed by atoms with Crippen molar-refractivity contribution in [1.82, 2.24) is 38.7 Å². The first-order valence-corrected chi connectivity index (χ1v) is 30.3. The van der Waals surface area contributed by atoms with E-state index in [1.807, 2.05) is 0 Å². The first kappa shape index (κ1) is 37.2. The highest BCUT2D eigenvalue weighted by atomic mass is 32.2. The fourth-order valence-electron chi connectivity index (χ4n) is 9.06. The summed E-state index contributed by atoms with van der Waals surface area (Å²) in [5.41, 5.74) is -12.0. The lowest BCUT2D eigenvalue weighted by Gasteiger charge is -2.28. The first-order chi connectivity index (χ1) is 60.5. The van der Waals surface area contributed by atoms with Gasteiger partial charge in [0, 0.05) is 96.4 Å². The van der Waals surface area contributed by atoms with E-state index < -0.39 is 312 Å². The summed E-state index contributed by atoms with van der Waals surface area (Å²) >= 11 is 0.589. The first-order valence-electron chi connectivity index (χ1n) is 47.4. The summed E-state index contributed by atoms with van der Waals surface area (Å²) in [6.07, 6.45) is -16.5. The molecule has 10 rings (SSSR count). The van der Waals surface area contributed by atoms with E-state index in [4.69, 9.17) is 43.9 Å². The zero-order chi connectivity index (χ0) is 103. The average molecular weight is 1400 g/mol. The second-order valence-corrected chi connectivity index (χ2v) is 22.1. The van der Waals surface area contributed by atoms with Crippen LogP contribution in [0.1, 0.15) is 155 Å². The van der Waals surface area contributed by atoms with Crippen LogP contribution in [0.2, 0.25) is 0 Å². The summed E-state index contributed by atoms with van der Waals surface area (Å²) in [5.74, 6) is -11.4. The lowest BCUT2D eigenvalue weighted by Crippen LogP contribution is -2.40. The van der Waals surface area contributed by atoms with Crippen molar-refractivity contribution in [3.8, 4) is 22.3 Å². The molecule has 12 nitrogen and oxygen atoms in total. The molecule has 6 aromatic carbocycles. The average Bonchev–Trinajstić information content (AvgIpc) is 1.52. The normalized spacial score (nSPS) is 22.5. The van der Waals surface area contributed by atoms with E-state index in [0.29, 0.717) is 46.2 Å². The van der Waals surface area contributed by atoms with Gasteiger partial charge in [-0.1, -0.05) is 155 Å². The summed E-state index contributed by atoms with van der Waals surface area (Å²) in [6, 6.07) is -7.26. The third-order valence-electron chi connectivity index (χ3n) is 13.7. The fourth-order valence-corrected chi connectivity index (χ4v) is 10.7. The Kier molecular flexibility index (Phi) is 12.7. The van der Waals surface area contributed by atoms with Gasteiger partial charge >= 0.3 is 12.4 Å². The maximum atomic E-state index is 15.2. The Morgan fingerprint density at radius 1 is 0.583 bits per heavy atom. The van der Waals surface area contributed by atoms with Crippen LogP contribution >= 0.6 is 23.5 Å². The van der Waals surface area contributed by atoms with Crippen LogP contribution in [0.5, 0.6) is 0 Å². The molecule has 1 atom stereocenters. The number of aromatic nitrogens is 4.